The van der Waals surface area contributed by atoms with Crippen LogP contribution in [0.25, 0.3) is 0 Å². The third-order valence-electron chi connectivity index (χ3n) is 0.227. The minimum atomic E-state index is -0.0462. The molecule has 2 N–H and O–H groups in total. The first kappa shape index (κ1) is 5.94. The van der Waals surface area contributed by atoms with E-state index >= 15 is 0 Å². The Kier molecular flexibility index (Phi) is 3.11. The van der Waals surface area contributed by atoms with Crippen LogP contribution < -0.4 is 5.73 Å². The molecule has 0 aliphatic carbocycles. The molecule has 0 spiro atoms. The molecule has 0 bridgehead atoms. The lowest BCUT2D eigenvalue weighted by atomic mass is 10.7. The van der Waals surface area contributed by atoms with Crippen molar-refractivity contribution in [3.63, 3.8) is 0 Å². The molecular formula is C3H4INO. The van der Waals surface area contributed by atoms with Crippen molar-refractivity contribution in [2.45, 2.75) is 0 Å². The lowest BCUT2D eigenvalue weighted by Crippen LogP contribution is -1.79. The molecule has 2 nitrogen and oxygen atoms in total. The van der Waals surface area contributed by atoms with Crippen molar-refractivity contribution in [1.29, 1.82) is 0 Å². The number of hydrogen-bond donors (Lipinski definition) is 1. The van der Waals surface area contributed by atoms with E-state index in [1.165, 1.54) is 12.3 Å². The van der Waals surface area contributed by atoms with Crippen molar-refractivity contribution in [3.8, 4) is 0 Å². The van der Waals surface area contributed by atoms with Crippen LogP contribution >= 0.6 is 22.6 Å². The molecule has 0 heterocycles. The summed E-state index contributed by atoms with van der Waals surface area (Å²) < 4.78 is -0.0462. The highest BCUT2D eigenvalue weighted by atomic mass is 127. The van der Waals surface area contributed by atoms with E-state index in [0.717, 1.165) is 0 Å². The zero-order valence-electron chi connectivity index (χ0n) is 3.02. The van der Waals surface area contributed by atoms with Gasteiger partial charge in [0.2, 0.25) is 3.79 Å². The Morgan fingerprint density at radius 1 is 1.83 bits per heavy atom. The van der Waals surface area contributed by atoms with Crippen molar-refractivity contribution >= 4 is 26.4 Å². The highest BCUT2D eigenvalue weighted by Gasteiger charge is 1.76. The number of hydrogen-bond acceptors (Lipinski definition) is 2. The van der Waals surface area contributed by atoms with Crippen LogP contribution in [0.15, 0.2) is 12.3 Å². The first-order valence-electron chi connectivity index (χ1n) is 1.35. The van der Waals surface area contributed by atoms with Gasteiger partial charge in [0.05, 0.1) is 0 Å². The van der Waals surface area contributed by atoms with Crippen molar-refractivity contribution in [3.05, 3.63) is 12.3 Å². The summed E-state index contributed by atoms with van der Waals surface area (Å²) in [6.45, 7) is 0. The van der Waals surface area contributed by atoms with Gasteiger partial charge in [-0.05, 0) is 6.20 Å². The van der Waals surface area contributed by atoms with E-state index in [-0.39, 0.29) is 3.79 Å². The molecule has 3 heteroatoms. The maximum atomic E-state index is 9.86. The molecule has 34 valence electrons. The van der Waals surface area contributed by atoms with Gasteiger partial charge < -0.3 is 5.73 Å². The molecule has 0 saturated carbocycles. The van der Waals surface area contributed by atoms with Gasteiger partial charge >= 0.3 is 0 Å². The minimum Gasteiger partial charge on any atom is -0.404 e. The average molecular weight is 197 g/mol. The van der Waals surface area contributed by atoms with Gasteiger partial charge in [-0.15, -0.1) is 0 Å². The van der Waals surface area contributed by atoms with Crippen LogP contribution in [0, 0.1) is 0 Å². The van der Waals surface area contributed by atoms with Crippen molar-refractivity contribution in [2.24, 2.45) is 5.73 Å². The molecule has 0 fully saturated rings. The van der Waals surface area contributed by atoms with Gasteiger partial charge in [-0.2, -0.15) is 0 Å². The van der Waals surface area contributed by atoms with E-state index in [1.54, 1.807) is 22.6 Å². The molecule has 0 aliphatic rings. The summed E-state index contributed by atoms with van der Waals surface area (Å²) in [7, 11) is 0. The first-order valence-corrected chi connectivity index (χ1v) is 2.43. The van der Waals surface area contributed by atoms with Crippen molar-refractivity contribution < 1.29 is 4.79 Å². The van der Waals surface area contributed by atoms with E-state index < -0.39 is 0 Å². The molecule has 0 aliphatic heterocycles. The lowest BCUT2D eigenvalue weighted by molar-refractivity contribution is -0.105. The topological polar surface area (TPSA) is 43.1 Å². The third kappa shape index (κ3) is 3.94. The second kappa shape index (κ2) is 3.14. The first-order chi connectivity index (χ1) is 2.77. The zero-order valence-corrected chi connectivity index (χ0v) is 5.18. The molecule has 0 radical (unpaired) electrons. The van der Waals surface area contributed by atoms with E-state index in [9.17, 15) is 4.79 Å². The SMILES string of the molecule is N/C=C\C(=O)I. The number of carbonyl (C=O) groups excluding carboxylic acids is 1. The second-order valence-corrected chi connectivity index (χ2v) is 1.73. The molecule has 0 aromatic heterocycles. The summed E-state index contributed by atoms with van der Waals surface area (Å²) in [6.07, 6.45) is 2.51. The van der Waals surface area contributed by atoms with Crippen LogP contribution in [0.4, 0.5) is 0 Å². The molecule has 0 rings (SSSR count). The molecular weight excluding hydrogens is 193 g/mol. The second-order valence-electron chi connectivity index (χ2n) is 0.663. The summed E-state index contributed by atoms with van der Waals surface area (Å²) >= 11 is 1.64. The largest absolute Gasteiger partial charge is 0.404 e. The van der Waals surface area contributed by atoms with E-state index in [4.69, 9.17) is 5.73 Å². The minimum absolute atomic E-state index is 0.0462. The van der Waals surface area contributed by atoms with Gasteiger partial charge in [0.15, 0.2) is 0 Å². The summed E-state index contributed by atoms with van der Waals surface area (Å²) in [5.74, 6) is 0. The highest BCUT2D eigenvalue weighted by molar-refractivity contribution is 14.1. The Hall–Kier alpha value is -0.0600. The third-order valence-corrected chi connectivity index (χ3v) is 0.587. The summed E-state index contributed by atoms with van der Waals surface area (Å²) in [4.78, 5) is 9.86. The van der Waals surface area contributed by atoms with Crippen LogP contribution in [-0.2, 0) is 4.79 Å². The van der Waals surface area contributed by atoms with Crippen molar-refractivity contribution in [2.75, 3.05) is 0 Å². The maximum absolute atomic E-state index is 9.86. The zero-order chi connectivity index (χ0) is 4.99. The number of carbonyl (C=O) groups is 1. The fourth-order valence-electron chi connectivity index (χ4n) is 0.0757. The van der Waals surface area contributed by atoms with Crippen LogP contribution in [0.3, 0.4) is 0 Å². The van der Waals surface area contributed by atoms with Crippen molar-refractivity contribution in [1.82, 2.24) is 0 Å². The molecule has 0 unspecified atom stereocenters. The van der Waals surface area contributed by atoms with Crippen LogP contribution in [-0.4, -0.2) is 3.79 Å². The molecule has 0 saturated heterocycles. The Balaban J connectivity index is 3.30. The standard InChI is InChI=1S/C3H4INO/c4-3(6)1-2-5/h1-2H,5H2/b2-1-. The molecule has 0 aromatic rings. The highest BCUT2D eigenvalue weighted by Crippen LogP contribution is 1.82. The summed E-state index contributed by atoms with van der Waals surface area (Å²) in [5, 5.41) is 0. The average Bonchev–Trinajstić information content (AvgIpc) is 1.35. The normalized spacial score (nSPS) is 9.50. The van der Waals surface area contributed by atoms with Gasteiger partial charge in [-0.25, -0.2) is 0 Å². The van der Waals surface area contributed by atoms with Gasteiger partial charge in [-0.1, -0.05) is 0 Å². The quantitative estimate of drug-likeness (QED) is 0.376. The molecule has 6 heavy (non-hydrogen) atoms. The van der Waals surface area contributed by atoms with Crippen LogP contribution in [0.5, 0.6) is 0 Å². The van der Waals surface area contributed by atoms with E-state index in [0.29, 0.717) is 0 Å². The predicted molar refractivity (Wildman–Crippen MR) is 32.4 cm³/mol. The molecule has 0 amide bonds. The smallest absolute Gasteiger partial charge is 0.216 e. The monoisotopic (exact) mass is 197 g/mol. The maximum Gasteiger partial charge on any atom is 0.216 e. The Bertz CT molecular complexity index is 78.9. The number of halogens is 1. The van der Waals surface area contributed by atoms with E-state index in [1.807, 2.05) is 0 Å². The Morgan fingerprint density at radius 3 is 2.33 bits per heavy atom. The van der Waals surface area contributed by atoms with E-state index in [2.05, 4.69) is 0 Å². The number of rotatable bonds is 1. The molecule has 0 atom stereocenters. The summed E-state index contributed by atoms with van der Waals surface area (Å²) in [5.41, 5.74) is 4.82. The number of allylic oxidation sites excluding steroid dienone is 1. The van der Waals surface area contributed by atoms with Crippen LogP contribution in [0.1, 0.15) is 0 Å². The Labute approximate surface area is 49.5 Å². The lowest BCUT2D eigenvalue weighted by Gasteiger charge is -1.66. The van der Waals surface area contributed by atoms with Gasteiger partial charge in [-0.3, -0.25) is 4.79 Å². The Morgan fingerprint density at radius 2 is 2.33 bits per heavy atom. The van der Waals surface area contributed by atoms with Crippen LogP contribution in [0.2, 0.25) is 0 Å². The molecule has 0 aromatic carbocycles. The number of nitrogens with two attached hydrogens (primary N) is 1. The summed E-state index contributed by atoms with van der Waals surface area (Å²) in [6, 6.07) is 0. The fourth-order valence-corrected chi connectivity index (χ4v) is 0.283. The van der Waals surface area contributed by atoms with Gasteiger partial charge in [0.25, 0.3) is 0 Å². The predicted octanol–water partition coefficient (Wildman–Crippen LogP) is 0.420. The van der Waals surface area contributed by atoms with Gasteiger partial charge in [0, 0.05) is 28.7 Å². The fraction of sp³-hybridized carbons (Fsp3) is 0. The van der Waals surface area contributed by atoms with Gasteiger partial charge in [0.1, 0.15) is 0 Å².